The first-order chi connectivity index (χ1) is 17.5. The van der Waals surface area contributed by atoms with Gasteiger partial charge in [-0.05, 0) is 55.6 Å². The number of rotatable bonds is 7. The van der Waals surface area contributed by atoms with Crippen LogP contribution in [0.3, 0.4) is 0 Å². The molecule has 2 fully saturated rings. The van der Waals surface area contributed by atoms with Crippen LogP contribution in [0, 0.1) is 0 Å². The third-order valence-electron chi connectivity index (χ3n) is 6.43. The van der Waals surface area contributed by atoms with Crippen LogP contribution in [0.2, 0.25) is 0 Å². The van der Waals surface area contributed by atoms with Crippen LogP contribution in [0.1, 0.15) is 12.8 Å². The smallest absolute Gasteiger partial charge is 0.227 e. The number of aromatic nitrogens is 2. The van der Waals surface area contributed by atoms with E-state index in [0.717, 1.165) is 74.1 Å². The van der Waals surface area contributed by atoms with Crippen molar-refractivity contribution in [3.05, 3.63) is 54.7 Å². The second kappa shape index (κ2) is 11.4. The minimum absolute atomic E-state index is 0.132. The summed E-state index contributed by atoms with van der Waals surface area (Å²) in [5, 5.41) is 3.24. The summed E-state index contributed by atoms with van der Waals surface area (Å²) in [4.78, 5) is 12.0. The van der Waals surface area contributed by atoms with E-state index in [4.69, 9.17) is 15.2 Å². The standard InChI is InChI=1S/C26H32N6O3S/c1-31-12-14-32(15-13-31)36(33)22-5-3-20(4-6-22)29-26-28-11-8-24(30-26)19-2-7-25(23(27)18-19)35-21-9-16-34-17-10-21/h2-8,11,18,21H,9-10,12-17,27H2,1H3,(H,28,29,30). The van der Waals surface area contributed by atoms with E-state index in [9.17, 15) is 4.55 Å². The average Bonchev–Trinajstić information content (AvgIpc) is 2.91. The molecule has 2 saturated heterocycles. The molecule has 1 aromatic heterocycles. The largest absolute Gasteiger partial charge is 0.593 e. The molecule has 3 aromatic rings. The molecule has 190 valence electrons. The zero-order chi connectivity index (χ0) is 24.9. The van der Waals surface area contributed by atoms with Gasteiger partial charge < -0.3 is 30.0 Å². The summed E-state index contributed by atoms with van der Waals surface area (Å²) in [6, 6.07) is 15.2. The van der Waals surface area contributed by atoms with Gasteiger partial charge in [-0.1, -0.05) is 0 Å². The number of likely N-dealkylation sites (N-methyl/N-ethyl adjacent to an activating group) is 1. The van der Waals surface area contributed by atoms with Gasteiger partial charge in [0.2, 0.25) is 5.95 Å². The molecule has 0 saturated carbocycles. The molecular formula is C26H32N6O3S. The van der Waals surface area contributed by atoms with Gasteiger partial charge in [0.25, 0.3) is 0 Å². The van der Waals surface area contributed by atoms with Gasteiger partial charge in [-0.25, -0.2) is 9.97 Å². The van der Waals surface area contributed by atoms with Crippen molar-refractivity contribution in [2.45, 2.75) is 23.8 Å². The Morgan fingerprint density at radius 1 is 1.06 bits per heavy atom. The maximum atomic E-state index is 12.9. The lowest BCUT2D eigenvalue weighted by molar-refractivity contribution is 0.0259. The van der Waals surface area contributed by atoms with Crippen molar-refractivity contribution < 1.29 is 14.0 Å². The highest BCUT2D eigenvalue weighted by molar-refractivity contribution is 7.89. The van der Waals surface area contributed by atoms with Crippen LogP contribution < -0.4 is 15.8 Å². The maximum absolute atomic E-state index is 12.9. The first kappa shape index (κ1) is 24.8. The summed E-state index contributed by atoms with van der Waals surface area (Å²) >= 11 is -1.16. The molecule has 9 nitrogen and oxygen atoms in total. The topological polar surface area (TPSA) is 112 Å². The van der Waals surface area contributed by atoms with Crippen LogP contribution in [0.4, 0.5) is 17.3 Å². The number of benzene rings is 2. The lowest BCUT2D eigenvalue weighted by Gasteiger charge is -2.31. The number of hydrogen-bond acceptors (Lipinski definition) is 9. The highest BCUT2D eigenvalue weighted by atomic mass is 32.2. The first-order valence-corrected chi connectivity index (χ1v) is 13.4. The second-order valence-corrected chi connectivity index (χ2v) is 10.6. The lowest BCUT2D eigenvalue weighted by Crippen LogP contribution is -2.46. The minimum atomic E-state index is -1.16. The van der Waals surface area contributed by atoms with Crippen LogP contribution in [0.5, 0.6) is 5.75 Å². The molecular weight excluding hydrogens is 476 g/mol. The normalized spacial score (nSPS) is 18.6. The van der Waals surface area contributed by atoms with Crippen molar-refractivity contribution in [3.63, 3.8) is 0 Å². The molecule has 3 N–H and O–H groups in total. The van der Waals surface area contributed by atoms with Crippen LogP contribution in [0.15, 0.2) is 59.6 Å². The Balaban J connectivity index is 1.23. The second-order valence-electron chi connectivity index (χ2n) is 9.08. The van der Waals surface area contributed by atoms with Crippen molar-refractivity contribution in [2.24, 2.45) is 0 Å². The fourth-order valence-corrected chi connectivity index (χ4v) is 5.42. The monoisotopic (exact) mass is 508 g/mol. The van der Waals surface area contributed by atoms with Gasteiger partial charge in [0.05, 0.1) is 49.0 Å². The molecule has 0 radical (unpaired) electrons. The number of nitrogens with two attached hydrogens (primary N) is 1. The molecule has 2 aliphatic heterocycles. The van der Waals surface area contributed by atoms with Crippen molar-refractivity contribution in [1.29, 1.82) is 0 Å². The van der Waals surface area contributed by atoms with E-state index in [0.29, 0.717) is 17.4 Å². The Bertz CT molecular complexity index is 1150. The summed E-state index contributed by atoms with van der Waals surface area (Å²) in [5.41, 5.74) is 9.33. The highest BCUT2D eigenvalue weighted by Crippen LogP contribution is 2.30. The van der Waals surface area contributed by atoms with Crippen molar-refractivity contribution >= 4 is 28.7 Å². The van der Waals surface area contributed by atoms with Crippen LogP contribution in [-0.4, -0.2) is 76.3 Å². The van der Waals surface area contributed by atoms with Gasteiger partial charge in [0.15, 0.2) is 4.90 Å². The van der Waals surface area contributed by atoms with Crippen LogP contribution in [0.25, 0.3) is 11.3 Å². The predicted octanol–water partition coefficient (Wildman–Crippen LogP) is 3.30. The molecule has 5 rings (SSSR count). The zero-order valence-electron chi connectivity index (χ0n) is 20.4. The third kappa shape index (κ3) is 6.08. The molecule has 1 unspecified atom stereocenters. The molecule has 10 heteroatoms. The molecule has 0 spiro atoms. The van der Waals surface area contributed by atoms with Gasteiger partial charge >= 0.3 is 0 Å². The van der Waals surface area contributed by atoms with Gasteiger partial charge in [-0.15, -0.1) is 4.31 Å². The summed E-state index contributed by atoms with van der Waals surface area (Å²) in [6.45, 7) is 4.90. The van der Waals surface area contributed by atoms with Crippen LogP contribution >= 0.6 is 0 Å². The molecule has 3 heterocycles. The molecule has 2 aliphatic rings. The molecule has 0 bridgehead atoms. The molecule has 0 aliphatic carbocycles. The molecule has 1 atom stereocenters. The SMILES string of the molecule is CN1CCN([S+]([O-])c2ccc(Nc3nccc(-c4ccc(OC5CCOCC5)c(N)c4)n3)cc2)CC1. The van der Waals surface area contributed by atoms with Gasteiger partial charge in [0, 0.05) is 43.4 Å². The fourth-order valence-electron chi connectivity index (χ4n) is 4.25. The molecule has 0 amide bonds. The van der Waals surface area contributed by atoms with E-state index < -0.39 is 11.4 Å². The van der Waals surface area contributed by atoms with E-state index in [-0.39, 0.29) is 6.10 Å². The Morgan fingerprint density at radius 3 is 2.53 bits per heavy atom. The Morgan fingerprint density at radius 2 is 1.81 bits per heavy atom. The number of nitrogens with one attached hydrogen (secondary N) is 1. The molecule has 2 aromatic carbocycles. The number of nitrogens with zero attached hydrogens (tertiary/aromatic N) is 4. The predicted molar refractivity (Wildman–Crippen MR) is 142 cm³/mol. The van der Waals surface area contributed by atoms with E-state index >= 15 is 0 Å². The summed E-state index contributed by atoms with van der Waals surface area (Å²) < 4.78 is 26.4. The quantitative estimate of drug-likeness (QED) is 0.367. The minimum Gasteiger partial charge on any atom is -0.593 e. The summed E-state index contributed by atoms with van der Waals surface area (Å²) in [6.07, 6.45) is 3.58. The van der Waals surface area contributed by atoms with Crippen molar-refractivity contribution in [1.82, 2.24) is 19.2 Å². The Labute approximate surface area is 214 Å². The first-order valence-electron chi connectivity index (χ1n) is 12.2. The number of ether oxygens (including phenoxy) is 2. The number of hydrogen-bond donors (Lipinski definition) is 2. The third-order valence-corrected chi connectivity index (χ3v) is 7.94. The lowest BCUT2D eigenvalue weighted by atomic mass is 10.1. The highest BCUT2D eigenvalue weighted by Gasteiger charge is 2.26. The summed E-state index contributed by atoms with van der Waals surface area (Å²) in [7, 11) is 2.09. The van der Waals surface area contributed by atoms with E-state index in [1.54, 1.807) is 6.20 Å². The average molecular weight is 509 g/mol. The van der Waals surface area contributed by atoms with E-state index in [1.807, 2.05) is 52.8 Å². The van der Waals surface area contributed by atoms with Crippen molar-refractivity contribution in [2.75, 3.05) is 57.5 Å². The van der Waals surface area contributed by atoms with E-state index in [1.165, 1.54) is 0 Å². The fraction of sp³-hybridized carbons (Fsp3) is 0.385. The summed E-state index contributed by atoms with van der Waals surface area (Å²) in [5.74, 6) is 1.16. The Hall–Kier alpha value is -2.89. The zero-order valence-corrected chi connectivity index (χ0v) is 21.2. The molecule has 36 heavy (non-hydrogen) atoms. The number of nitrogen functional groups attached to an aromatic ring is 1. The van der Waals surface area contributed by atoms with Crippen LogP contribution in [-0.2, 0) is 16.1 Å². The number of piperazine rings is 1. The van der Waals surface area contributed by atoms with Gasteiger partial charge in [-0.2, -0.15) is 0 Å². The van der Waals surface area contributed by atoms with Gasteiger partial charge in [0.1, 0.15) is 11.9 Å². The van der Waals surface area contributed by atoms with Gasteiger partial charge in [-0.3, -0.25) is 0 Å². The maximum Gasteiger partial charge on any atom is 0.227 e. The van der Waals surface area contributed by atoms with Crippen molar-refractivity contribution in [3.8, 4) is 17.0 Å². The van der Waals surface area contributed by atoms with E-state index in [2.05, 4.69) is 27.2 Å². The Kier molecular flexibility index (Phi) is 7.88. The number of anilines is 3.